The third kappa shape index (κ3) is 5.13. The van der Waals surface area contributed by atoms with Crippen molar-refractivity contribution >= 4 is 23.6 Å². The van der Waals surface area contributed by atoms with E-state index in [1.165, 1.54) is 11.0 Å². The molecule has 7 heteroatoms. The number of hydrogen-bond donors (Lipinski definition) is 3. The number of carbonyl (C=O) groups excluding carboxylic acids is 2. The number of aryl methyl sites for hydroxylation is 1. The number of benzene rings is 1. The molecule has 1 aromatic rings. The van der Waals surface area contributed by atoms with Gasteiger partial charge in [-0.25, -0.2) is 9.59 Å². The normalized spacial score (nSPS) is 9.86. The molecule has 0 aliphatic heterocycles. The number of carbonyl (C=O) groups is 3. The molecule has 3 N–H and O–H groups in total. The summed E-state index contributed by atoms with van der Waals surface area (Å²) in [5, 5.41) is 14.1. The molecule has 114 valence electrons. The number of urea groups is 1. The Hall–Kier alpha value is -2.57. The number of rotatable bonds is 5. The van der Waals surface area contributed by atoms with Crippen LogP contribution in [0.4, 0.5) is 10.5 Å². The third-order valence-corrected chi connectivity index (χ3v) is 2.85. The zero-order valence-corrected chi connectivity index (χ0v) is 12.3. The maximum absolute atomic E-state index is 11.6. The van der Waals surface area contributed by atoms with E-state index in [0.717, 1.165) is 0 Å². The van der Waals surface area contributed by atoms with Crippen LogP contribution in [0.1, 0.15) is 22.3 Å². The fourth-order valence-electron chi connectivity index (χ4n) is 1.61. The van der Waals surface area contributed by atoms with E-state index in [0.29, 0.717) is 11.3 Å². The van der Waals surface area contributed by atoms with Gasteiger partial charge in [-0.3, -0.25) is 4.79 Å². The summed E-state index contributed by atoms with van der Waals surface area (Å²) in [6, 6.07) is 4.14. The Kier molecular flexibility index (Phi) is 5.71. The van der Waals surface area contributed by atoms with Crippen LogP contribution in [0.3, 0.4) is 0 Å². The third-order valence-electron chi connectivity index (χ3n) is 2.85. The lowest BCUT2D eigenvalue weighted by Gasteiger charge is -2.11. The first-order chi connectivity index (χ1) is 9.81. The maximum Gasteiger partial charge on any atom is 0.336 e. The van der Waals surface area contributed by atoms with Crippen LogP contribution in [0.15, 0.2) is 18.2 Å². The summed E-state index contributed by atoms with van der Waals surface area (Å²) in [6.07, 6.45) is 0.203. The van der Waals surface area contributed by atoms with Crippen molar-refractivity contribution in [1.82, 2.24) is 10.2 Å². The summed E-state index contributed by atoms with van der Waals surface area (Å²) < 4.78 is 0. The quantitative estimate of drug-likeness (QED) is 0.762. The van der Waals surface area contributed by atoms with E-state index in [1.807, 2.05) is 0 Å². The molecule has 1 rings (SSSR count). The fraction of sp³-hybridized carbons (Fsp3) is 0.357. The molecular formula is C14H19N3O4. The number of nitrogens with one attached hydrogen (secondary N) is 2. The molecule has 0 heterocycles. The number of aromatic carboxylic acids is 1. The highest BCUT2D eigenvalue weighted by Crippen LogP contribution is 2.15. The van der Waals surface area contributed by atoms with Crippen LogP contribution in [-0.2, 0) is 4.79 Å². The Balaban J connectivity index is 2.54. The monoisotopic (exact) mass is 293 g/mol. The van der Waals surface area contributed by atoms with Gasteiger partial charge in [0.2, 0.25) is 5.91 Å². The second-order valence-electron chi connectivity index (χ2n) is 4.75. The van der Waals surface area contributed by atoms with E-state index in [1.54, 1.807) is 33.2 Å². The topological polar surface area (TPSA) is 98.7 Å². The Labute approximate surface area is 122 Å². The van der Waals surface area contributed by atoms with Gasteiger partial charge in [0, 0.05) is 32.7 Å². The van der Waals surface area contributed by atoms with Gasteiger partial charge in [-0.2, -0.15) is 0 Å². The van der Waals surface area contributed by atoms with Crippen molar-refractivity contribution in [2.75, 3.05) is 26.0 Å². The summed E-state index contributed by atoms with van der Waals surface area (Å²) in [5.74, 6) is -1.13. The fourth-order valence-corrected chi connectivity index (χ4v) is 1.61. The minimum atomic E-state index is -1.05. The van der Waals surface area contributed by atoms with Gasteiger partial charge < -0.3 is 20.6 Å². The number of carboxylic acids is 1. The average molecular weight is 293 g/mol. The Morgan fingerprint density at radius 2 is 1.90 bits per heavy atom. The molecule has 3 amide bonds. The van der Waals surface area contributed by atoms with Gasteiger partial charge >= 0.3 is 12.0 Å². The first-order valence-corrected chi connectivity index (χ1v) is 6.40. The van der Waals surface area contributed by atoms with Gasteiger partial charge in [-0.1, -0.05) is 6.07 Å². The molecule has 0 saturated carbocycles. The van der Waals surface area contributed by atoms with Crippen molar-refractivity contribution < 1.29 is 19.5 Å². The van der Waals surface area contributed by atoms with Crippen LogP contribution in [0.5, 0.6) is 0 Å². The summed E-state index contributed by atoms with van der Waals surface area (Å²) in [5.41, 5.74) is 1.13. The zero-order chi connectivity index (χ0) is 16.0. The summed E-state index contributed by atoms with van der Waals surface area (Å²) in [7, 11) is 3.28. The van der Waals surface area contributed by atoms with Crippen LogP contribution in [0.25, 0.3) is 0 Å². The summed E-state index contributed by atoms with van der Waals surface area (Å²) >= 11 is 0. The maximum atomic E-state index is 11.6. The molecule has 0 atom stereocenters. The van der Waals surface area contributed by atoms with E-state index >= 15 is 0 Å². The number of anilines is 1. The molecular weight excluding hydrogens is 274 g/mol. The second-order valence-corrected chi connectivity index (χ2v) is 4.75. The highest BCUT2D eigenvalue weighted by atomic mass is 16.4. The van der Waals surface area contributed by atoms with Crippen molar-refractivity contribution in [2.45, 2.75) is 13.3 Å². The first kappa shape index (κ1) is 16.5. The van der Waals surface area contributed by atoms with Gasteiger partial charge in [0.1, 0.15) is 0 Å². The smallest absolute Gasteiger partial charge is 0.336 e. The molecule has 0 spiro atoms. The van der Waals surface area contributed by atoms with Crippen LogP contribution < -0.4 is 10.6 Å². The first-order valence-electron chi connectivity index (χ1n) is 6.40. The van der Waals surface area contributed by atoms with Gasteiger partial charge in [0.25, 0.3) is 0 Å². The molecule has 0 aromatic heterocycles. The molecule has 0 saturated heterocycles. The SMILES string of the molecule is Cc1ccc(NC(=O)NCCC(=O)N(C)C)cc1C(=O)O. The van der Waals surface area contributed by atoms with Crippen molar-refractivity contribution in [3.8, 4) is 0 Å². The highest BCUT2D eigenvalue weighted by Gasteiger charge is 2.10. The number of nitrogens with zero attached hydrogens (tertiary/aromatic N) is 1. The Morgan fingerprint density at radius 1 is 1.24 bits per heavy atom. The van der Waals surface area contributed by atoms with Gasteiger partial charge in [0.15, 0.2) is 0 Å². The number of hydrogen-bond acceptors (Lipinski definition) is 3. The molecule has 0 fully saturated rings. The predicted octanol–water partition coefficient (Wildman–Crippen LogP) is 1.29. The Morgan fingerprint density at radius 3 is 2.48 bits per heavy atom. The zero-order valence-electron chi connectivity index (χ0n) is 12.3. The van der Waals surface area contributed by atoms with Crippen molar-refractivity contribution in [1.29, 1.82) is 0 Å². The lowest BCUT2D eigenvalue weighted by atomic mass is 10.1. The predicted molar refractivity (Wildman–Crippen MR) is 78.5 cm³/mol. The number of carboxylic acid groups (broad SMARTS) is 1. The van der Waals surface area contributed by atoms with E-state index in [4.69, 9.17) is 5.11 Å². The minimum absolute atomic E-state index is 0.0844. The van der Waals surface area contributed by atoms with Crippen LogP contribution in [-0.4, -0.2) is 48.6 Å². The summed E-state index contributed by atoms with van der Waals surface area (Å²) in [6.45, 7) is 1.89. The summed E-state index contributed by atoms with van der Waals surface area (Å²) in [4.78, 5) is 35.4. The van der Waals surface area contributed by atoms with E-state index in [-0.39, 0.29) is 24.4 Å². The molecule has 0 aliphatic rings. The largest absolute Gasteiger partial charge is 0.478 e. The standard InChI is InChI=1S/C14H19N3O4/c1-9-4-5-10(8-11(9)13(19)20)16-14(21)15-7-6-12(18)17(2)3/h4-5,8H,6-7H2,1-3H3,(H,19,20)(H2,15,16,21). The van der Waals surface area contributed by atoms with Gasteiger partial charge in [-0.05, 0) is 24.6 Å². The van der Waals surface area contributed by atoms with Crippen LogP contribution >= 0.6 is 0 Å². The molecule has 21 heavy (non-hydrogen) atoms. The van der Waals surface area contributed by atoms with Crippen LogP contribution in [0.2, 0.25) is 0 Å². The van der Waals surface area contributed by atoms with Gasteiger partial charge in [0.05, 0.1) is 5.56 Å². The van der Waals surface area contributed by atoms with Crippen molar-refractivity contribution in [2.24, 2.45) is 0 Å². The molecule has 0 radical (unpaired) electrons. The minimum Gasteiger partial charge on any atom is -0.478 e. The number of amides is 3. The molecule has 7 nitrogen and oxygen atoms in total. The molecule has 0 unspecified atom stereocenters. The lowest BCUT2D eigenvalue weighted by Crippen LogP contribution is -2.33. The van der Waals surface area contributed by atoms with Crippen molar-refractivity contribution in [3.05, 3.63) is 29.3 Å². The lowest BCUT2D eigenvalue weighted by molar-refractivity contribution is -0.128. The van der Waals surface area contributed by atoms with Crippen LogP contribution in [0, 0.1) is 6.92 Å². The highest BCUT2D eigenvalue weighted by molar-refractivity contribution is 5.94. The van der Waals surface area contributed by atoms with E-state index in [9.17, 15) is 14.4 Å². The molecule has 0 bridgehead atoms. The van der Waals surface area contributed by atoms with E-state index in [2.05, 4.69) is 10.6 Å². The molecule has 0 aliphatic carbocycles. The second kappa shape index (κ2) is 7.28. The molecule has 1 aromatic carbocycles. The van der Waals surface area contributed by atoms with Crippen molar-refractivity contribution in [3.63, 3.8) is 0 Å². The Bertz CT molecular complexity index is 555. The average Bonchev–Trinajstić information content (AvgIpc) is 2.40. The van der Waals surface area contributed by atoms with E-state index < -0.39 is 12.0 Å². The van der Waals surface area contributed by atoms with Gasteiger partial charge in [-0.15, -0.1) is 0 Å².